The zero-order chi connectivity index (χ0) is 14.6. The van der Waals surface area contributed by atoms with Crippen molar-refractivity contribution in [1.82, 2.24) is 9.03 Å². The van der Waals surface area contributed by atoms with Gasteiger partial charge in [0.1, 0.15) is 0 Å². The summed E-state index contributed by atoms with van der Waals surface area (Å²) in [7, 11) is -3.37. The Kier molecular flexibility index (Phi) is 5.57. The highest BCUT2D eigenvalue weighted by atomic mass is 32.2. The number of hydrogen-bond acceptors (Lipinski definition) is 4. The van der Waals surface area contributed by atoms with Crippen molar-refractivity contribution in [3.8, 4) is 0 Å². The Bertz CT molecular complexity index is 494. The van der Waals surface area contributed by atoms with Crippen molar-refractivity contribution >= 4 is 21.5 Å². The quantitative estimate of drug-likeness (QED) is 0.827. The van der Waals surface area contributed by atoms with E-state index in [0.29, 0.717) is 25.6 Å². The summed E-state index contributed by atoms with van der Waals surface area (Å²) in [6, 6.07) is 3.92. The molecule has 1 fully saturated rings. The van der Waals surface area contributed by atoms with Crippen LogP contribution in [-0.2, 0) is 16.6 Å². The summed E-state index contributed by atoms with van der Waals surface area (Å²) in [5.74, 6) is 0.463. The van der Waals surface area contributed by atoms with Gasteiger partial charge in [-0.3, -0.25) is 0 Å². The molecule has 7 heteroatoms. The summed E-state index contributed by atoms with van der Waals surface area (Å²) in [4.78, 5) is 1.20. The van der Waals surface area contributed by atoms with Gasteiger partial charge in [0, 0.05) is 24.0 Å². The molecule has 1 aromatic rings. The van der Waals surface area contributed by atoms with Crippen LogP contribution in [0.15, 0.2) is 17.5 Å². The zero-order valence-electron chi connectivity index (χ0n) is 11.8. The molecule has 0 bridgehead atoms. The molecule has 20 heavy (non-hydrogen) atoms. The summed E-state index contributed by atoms with van der Waals surface area (Å²) >= 11 is 1.65. The largest absolute Gasteiger partial charge is 0.330 e. The van der Waals surface area contributed by atoms with E-state index in [0.717, 1.165) is 19.3 Å². The number of nitrogens with one attached hydrogen (secondary N) is 1. The Morgan fingerprint density at radius 2 is 2.20 bits per heavy atom. The Labute approximate surface area is 125 Å². The molecule has 1 saturated heterocycles. The fraction of sp³-hybridized carbons (Fsp3) is 0.692. The highest BCUT2D eigenvalue weighted by Gasteiger charge is 2.28. The third kappa shape index (κ3) is 4.26. The van der Waals surface area contributed by atoms with E-state index in [1.807, 2.05) is 24.4 Å². The number of rotatable bonds is 6. The average molecular weight is 317 g/mol. The Balaban J connectivity index is 1.87. The van der Waals surface area contributed by atoms with Crippen molar-refractivity contribution < 1.29 is 8.42 Å². The maximum atomic E-state index is 12.3. The third-order valence-electron chi connectivity index (χ3n) is 3.68. The number of hydrogen-bond donors (Lipinski definition) is 2. The number of thiophene rings is 1. The van der Waals surface area contributed by atoms with Gasteiger partial charge in [0.05, 0.1) is 0 Å². The molecule has 0 amide bonds. The van der Waals surface area contributed by atoms with Crippen LogP contribution in [0.2, 0.25) is 0 Å². The van der Waals surface area contributed by atoms with Gasteiger partial charge in [0.2, 0.25) is 0 Å². The van der Waals surface area contributed by atoms with E-state index >= 15 is 0 Å². The van der Waals surface area contributed by atoms with Crippen LogP contribution in [0, 0.1) is 5.92 Å². The molecule has 114 valence electrons. The predicted octanol–water partition coefficient (Wildman–Crippen LogP) is 1.18. The van der Waals surface area contributed by atoms with E-state index < -0.39 is 10.2 Å². The lowest BCUT2D eigenvalue weighted by Crippen LogP contribution is -2.48. The molecule has 1 aromatic heterocycles. The van der Waals surface area contributed by atoms with Gasteiger partial charge < -0.3 is 5.73 Å². The molecular weight excluding hydrogens is 294 g/mol. The first-order valence-corrected chi connectivity index (χ1v) is 9.33. The van der Waals surface area contributed by atoms with E-state index in [2.05, 4.69) is 4.72 Å². The molecule has 0 radical (unpaired) electrons. The number of nitrogens with two attached hydrogens (primary N) is 1. The minimum atomic E-state index is -3.37. The molecule has 0 saturated carbocycles. The van der Waals surface area contributed by atoms with Crippen LogP contribution >= 0.6 is 11.3 Å². The van der Waals surface area contributed by atoms with E-state index in [9.17, 15) is 8.42 Å². The van der Waals surface area contributed by atoms with E-state index in [4.69, 9.17) is 5.73 Å². The lowest BCUT2D eigenvalue weighted by Gasteiger charge is -2.31. The van der Waals surface area contributed by atoms with Crippen LogP contribution in [0.25, 0.3) is 0 Å². The summed E-state index contributed by atoms with van der Waals surface area (Å²) in [6.45, 7) is 3.70. The molecule has 1 atom stereocenters. The van der Waals surface area contributed by atoms with Gasteiger partial charge in [-0.2, -0.15) is 17.4 Å². The number of piperidine rings is 1. The van der Waals surface area contributed by atoms with Crippen molar-refractivity contribution in [3.05, 3.63) is 22.4 Å². The van der Waals surface area contributed by atoms with Gasteiger partial charge in [-0.05, 0) is 50.1 Å². The second kappa shape index (κ2) is 7.00. The Hall–Kier alpha value is -0.470. The maximum absolute atomic E-state index is 12.3. The topological polar surface area (TPSA) is 75.4 Å². The van der Waals surface area contributed by atoms with Crippen molar-refractivity contribution in [2.24, 2.45) is 11.7 Å². The molecule has 0 spiro atoms. The fourth-order valence-corrected chi connectivity index (χ4v) is 4.75. The fourth-order valence-electron chi connectivity index (χ4n) is 2.49. The first kappa shape index (κ1) is 15.9. The molecule has 0 aromatic carbocycles. The maximum Gasteiger partial charge on any atom is 0.279 e. The van der Waals surface area contributed by atoms with Crippen LogP contribution in [0.4, 0.5) is 0 Å². The third-order valence-corrected chi connectivity index (χ3v) is 6.33. The molecule has 5 nitrogen and oxygen atoms in total. The molecule has 1 aliphatic heterocycles. The molecule has 3 N–H and O–H groups in total. The Morgan fingerprint density at radius 1 is 1.50 bits per heavy atom. The van der Waals surface area contributed by atoms with E-state index in [1.165, 1.54) is 4.88 Å². The molecular formula is C13H23N3O2S2. The van der Waals surface area contributed by atoms with Crippen molar-refractivity contribution in [2.75, 3.05) is 19.6 Å². The van der Waals surface area contributed by atoms with Crippen molar-refractivity contribution in [2.45, 2.75) is 32.2 Å². The van der Waals surface area contributed by atoms with E-state index in [-0.39, 0.29) is 6.04 Å². The van der Waals surface area contributed by atoms with Gasteiger partial charge in [-0.15, -0.1) is 11.3 Å². The van der Waals surface area contributed by atoms with Gasteiger partial charge >= 0.3 is 0 Å². The minimum absolute atomic E-state index is 0.0918. The first-order valence-electron chi connectivity index (χ1n) is 7.01. The normalized spacial score (nSPS) is 20.1. The van der Waals surface area contributed by atoms with Crippen LogP contribution in [0.1, 0.15) is 24.6 Å². The van der Waals surface area contributed by atoms with Gasteiger partial charge in [-0.25, -0.2) is 0 Å². The van der Waals surface area contributed by atoms with Gasteiger partial charge in [0.15, 0.2) is 0 Å². The summed E-state index contributed by atoms with van der Waals surface area (Å²) in [5.41, 5.74) is 5.63. The monoisotopic (exact) mass is 317 g/mol. The van der Waals surface area contributed by atoms with Crippen LogP contribution < -0.4 is 10.5 Å². The summed E-state index contributed by atoms with van der Waals surface area (Å²) in [5, 5.41) is 2.01. The SMILES string of the molecule is CC(Cc1cccs1)NS(=O)(=O)N1CCC(CN)CC1. The standard InChI is InChI=1S/C13H23N3O2S2/c1-11(9-13-3-2-8-19-13)15-20(17,18)16-6-4-12(10-14)5-7-16/h2-3,8,11-12,15H,4-7,9-10,14H2,1H3. The lowest BCUT2D eigenvalue weighted by atomic mass is 9.99. The lowest BCUT2D eigenvalue weighted by molar-refractivity contribution is 0.274. The smallest absolute Gasteiger partial charge is 0.279 e. The van der Waals surface area contributed by atoms with Crippen molar-refractivity contribution in [1.29, 1.82) is 0 Å². The highest BCUT2D eigenvalue weighted by Crippen LogP contribution is 2.18. The van der Waals surface area contributed by atoms with Crippen molar-refractivity contribution in [3.63, 3.8) is 0 Å². The second-order valence-corrected chi connectivity index (χ2v) is 8.12. The molecule has 1 aliphatic rings. The summed E-state index contributed by atoms with van der Waals surface area (Å²) in [6.07, 6.45) is 2.45. The molecule has 2 rings (SSSR count). The molecule has 2 heterocycles. The molecule has 0 aliphatic carbocycles. The Morgan fingerprint density at radius 3 is 2.75 bits per heavy atom. The first-order chi connectivity index (χ1) is 9.51. The predicted molar refractivity (Wildman–Crippen MR) is 82.9 cm³/mol. The summed E-state index contributed by atoms with van der Waals surface area (Å²) < 4.78 is 28.9. The molecule has 1 unspecified atom stereocenters. The van der Waals surface area contributed by atoms with Crippen LogP contribution in [0.3, 0.4) is 0 Å². The van der Waals surface area contributed by atoms with Gasteiger partial charge in [0.25, 0.3) is 10.2 Å². The zero-order valence-corrected chi connectivity index (χ0v) is 13.4. The van der Waals surface area contributed by atoms with E-state index in [1.54, 1.807) is 15.6 Å². The van der Waals surface area contributed by atoms with Crippen LogP contribution in [0.5, 0.6) is 0 Å². The van der Waals surface area contributed by atoms with Gasteiger partial charge in [-0.1, -0.05) is 6.07 Å². The minimum Gasteiger partial charge on any atom is -0.330 e. The second-order valence-electron chi connectivity index (χ2n) is 5.39. The van der Waals surface area contributed by atoms with Crippen LogP contribution in [-0.4, -0.2) is 38.4 Å². The number of nitrogens with zero attached hydrogens (tertiary/aromatic N) is 1. The average Bonchev–Trinajstić information content (AvgIpc) is 2.91. The highest BCUT2D eigenvalue weighted by molar-refractivity contribution is 7.87.